The summed E-state index contributed by atoms with van der Waals surface area (Å²) in [5, 5.41) is 18.6. The van der Waals surface area contributed by atoms with Gasteiger partial charge in [0, 0.05) is 29.2 Å². The number of ether oxygens (including phenoxy) is 1. The molecule has 27 heavy (non-hydrogen) atoms. The molecule has 0 bridgehead atoms. The molecule has 2 aromatic carbocycles. The first-order valence-electron chi connectivity index (χ1n) is 8.53. The number of halogens is 1. The van der Waals surface area contributed by atoms with E-state index in [0.717, 1.165) is 0 Å². The summed E-state index contributed by atoms with van der Waals surface area (Å²) in [6, 6.07) is 13.1. The standard InChI is InChI=1S/C20H22ClNO5/c1-14(20(26)22(10-12-23)11-13-24)27-18-8-4-16(5-9-18)19(25)15-2-6-17(21)7-3-15/h2-9,14,23-24H,10-13H2,1H3. The first kappa shape index (κ1) is 20.9. The Labute approximate surface area is 162 Å². The molecule has 0 saturated carbocycles. The van der Waals surface area contributed by atoms with Gasteiger partial charge in [-0.3, -0.25) is 9.59 Å². The molecule has 2 N–H and O–H groups in total. The highest BCUT2D eigenvalue weighted by Crippen LogP contribution is 2.18. The Bertz CT molecular complexity index is 755. The van der Waals surface area contributed by atoms with Gasteiger partial charge in [-0.1, -0.05) is 11.6 Å². The molecule has 1 unspecified atom stereocenters. The lowest BCUT2D eigenvalue weighted by atomic mass is 10.0. The molecule has 0 aliphatic carbocycles. The number of carbonyl (C=O) groups is 2. The summed E-state index contributed by atoms with van der Waals surface area (Å²) < 4.78 is 5.62. The summed E-state index contributed by atoms with van der Waals surface area (Å²) in [4.78, 5) is 26.1. The van der Waals surface area contributed by atoms with E-state index in [1.54, 1.807) is 55.5 Å². The Morgan fingerprint density at radius 2 is 1.44 bits per heavy atom. The number of carbonyl (C=O) groups excluding carboxylic acids is 2. The maximum absolute atomic E-state index is 12.4. The molecular weight excluding hydrogens is 370 g/mol. The van der Waals surface area contributed by atoms with Gasteiger partial charge in [0.2, 0.25) is 0 Å². The molecule has 0 saturated heterocycles. The lowest BCUT2D eigenvalue weighted by Gasteiger charge is -2.24. The molecular formula is C20H22ClNO5. The van der Waals surface area contributed by atoms with Crippen LogP contribution in [0, 0.1) is 0 Å². The van der Waals surface area contributed by atoms with E-state index >= 15 is 0 Å². The van der Waals surface area contributed by atoms with Crippen LogP contribution in [0.5, 0.6) is 5.75 Å². The maximum atomic E-state index is 12.4. The molecule has 2 rings (SSSR count). The zero-order chi connectivity index (χ0) is 19.8. The number of aliphatic hydroxyl groups is 2. The van der Waals surface area contributed by atoms with Crippen LogP contribution in [-0.2, 0) is 4.79 Å². The third-order valence-electron chi connectivity index (χ3n) is 3.94. The van der Waals surface area contributed by atoms with Crippen LogP contribution in [0.1, 0.15) is 22.8 Å². The van der Waals surface area contributed by atoms with Crippen LogP contribution in [0.4, 0.5) is 0 Å². The van der Waals surface area contributed by atoms with Crippen molar-refractivity contribution in [1.82, 2.24) is 4.90 Å². The van der Waals surface area contributed by atoms with Crippen molar-refractivity contribution in [3.05, 3.63) is 64.7 Å². The minimum atomic E-state index is -0.791. The molecule has 1 atom stereocenters. The lowest BCUT2D eigenvalue weighted by Crippen LogP contribution is -2.43. The zero-order valence-electron chi connectivity index (χ0n) is 15.0. The summed E-state index contributed by atoms with van der Waals surface area (Å²) in [5.74, 6) is -0.0321. The van der Waals surface area contributed by atoms with E-state index in [9.17, 15) is 9.59 Å². The molecule has 0 aliphatic rings. The molecule has 6 nitrogen and oxygen atoms in total. The van der Waals surface area contributed by atoms with Gasteiger partial charge in [0.05, 0.1) is 13.2 Å². The van der Waals surface area contributed by atoms with Gasteiger partial charge in [0.25, 0.3) is 5.91 Å². The molecule has 0 heterocycles. The molecule has 2 aromatic rings. The van der Waals surface area contributed by atoms with E-state index in [0.29, 0.717) is 21.9 Å². The van der Waals surface area contributed by atoms with Crippen LogP contribution >= 0.6 is 11.6 Å². The third-order valence-corrected chi connectivity index (χ3v) is 4.19. The second-order valence-electron chi connectivity index (χ2n) is 5.89. The monoisotopic (exact) mass is 391 g/mol. The SMILES string of the molecule is CC(Oc1ccc(C(=O)c2ccc(Cl)cc2)cc1)C(=O)N(CCO)CCO. The van der Waals surface area contributed by atoms with Crippen LogP contribution in [-0.4, -0.2) is 59.2 Å². The predicted octanol–water partition coefficient (Wildman–Crippen LogP) is 2.15. The number of ketones is 1. The number of aliphatic hydroxyl groups excluding tert-OH is 2. The quantitative estimate of drug-likeness (QED) is 0.639. The normalized spacial score (nSPS) is 11.7. The first-order valence-corrected chi connectivity index (χ1v) is 8.91. The number of hydrogen-bond acceptors (Lipinski definition) is 5. The van der Waals surface area contributed by atoms with E-state index < -0.39 is 6.10 Å². The summed E-state index contributed by atoms with van der Waals surface area (Å²) in [7, 11) is 0. The number of hydrogen-bond donors (Lipinski definition) is 2. The average molecular weight is 392 g/mol. The van der Waals surface area contributed by atoms with E-state index in [-0.39, 0.29) is 38.0 Å². The van der Waals surface area contributed by atoms with E-state index in [1.807, 2.05) is 0 Å². The van der Waals surface area contributed by atoms with Crippen LogP contribution in [0.3, 0.4) is 0 Å². The van der Waals surface area contributed by atoms with E-state index in [2.05, 4.69) is 0 Å². The van der Waals surface area contributed by atoms with E-state index in [4.69, 9.17) is 26.6 Å². The van der Waals surface area contributed by atoms with Gasteiger partial charge in [0.15, 0.2) is 11.9 Å². The molecule has 0 aromatic heterocycles. The van der Waals surface area contributed by atoms with Crippen molar-refractivity contribution in [2.24, 2.45) is 0 Å². The predicted molar refractivity (Wildman–Crippen MR) is 102 cm³/mol. The number of nitrogens with zero attached hydrogens (tertiary/aromatic N) is 1. The molecule has 1 amide bonds. The van der Waals surface area contributed by atoms with Crippen molar-refractivity contribution in [2.45, 2.75) is 13.0 Å². The molecule has 0 fully saturated rings. The van der Waals surface area contributed by atoms with Gasteiger partial charge in [-0.05, 0) is 55.5 Å². The van der Waals surface area contributed by atoms with Crippen LogP contribution in [0.25, 0.3) is 0 Å². The highest BCUT2D eigenvalue weighted by atomic mass is 35.5. The van der Waals surface area contributed by atoms with Gasteiger partial charge in [-0.15, -0.1) is 0 Å². The summed E-state index contributed by atoms with van der Waals surface area (Å²) in [5.41, 5.74) is 1.02. The second-order valence-corrected chi connectivity index (χ2v) is 6.33. The fourth-order valence-corrected chi connectivity index (χ4v) is 2.66. The van der Waals surface area contributed by atoms with Crippen molar-refractivity contribution < 1.29 is 24.5 Å². The van der Waals surface area contributed by atoms with Crippen molar-refractivity contribution in [3.8, 4) is 5.75 Å². The second kappa shape index (κ2) is 10.1. The minimum absolute atomic E-state index is 0.127. The highest BCUT2D eigenvalue weighted by Gasteiger charge is 2.21. The molecule has 144 valence electrons. The molecule has 0 radical (unpaired) electrons. The van der Waals surface area contributed by atoms with Crippen LogP contribution in [0.2, 0.25) is 5.02 Å². The van der Waals surface area contributed by atoms with Gasteiger partial charge in [-0.25, -0.2) is 0 Å². The van der Waals surface area contributed by atoms with Crippen molar-refractivity contribution in [1.29, 1.82) is 0 Å². The average Bonchev–Trinajstić information content (AvgIpc) is 2.68. The Kier molecular flexibility index (Phi) is 7.79. The molecule has 7 heteroatoms. The largest absolute Gasteiger partial charge is 0.481 e. The van der Waals surface area contributed by atoms with Crippen LogP contribution in [0.15, 0.2) is 48.5 Å². The number of benzene rings is 2. The van der Waals surface area contributed by atoms with Gasteiger partial charge < -0.3 is 19.8 Å². The number of amides is 1. The Morgan fingerprint density at radius 1 is 0.963 bits per heavy atom. The zero-order valence-corrected chi connectivity index (χ0v) is 15.7. The molecule has 0 aliphatic heterocycles. The minimum Gasteiger partial charge on any atom is -0.481 e. The fraction of sp³-hybridized carbons (Fsp3) is 0.300. The Balaban J connectivity index is 2.03. The lowest BCUT2D eigenvalue weighted by molar-refractivity contribution is -0.139. The summed E-state index contributed by atoms with van der Waals surface area (Å²) in [6.07, 6.45) is -0.791. The highest BCUT2D eigenvalue weighted by molar-refractivity contribution is 6.30. The third kappa shape index (κ3) is 5.79. The Morgan fingerprint density at radius 3 is 1.93 bits per heavy atom. The summed E-state index contributed by atoms with van der Waals surface area (Å²) in [6.45, 7) is 1.46. The van der Waals surface area contributed by atoms with Crippen molar-refractivity contribution in [3.63, 3.8) is 0 Å². The first-order chi connectivity index (χ1) is 13.0. The van der Waals surface area contributed by atoms with Crippen molar-refractivity contribution in [2.75, 3.05) is 26.3 Å². The van der Waals surface area contributed by atoms with Crippen LogP contribution < -0.4 is 4.74 Å². The van der Waals surface area contributed by atoms with E-state index in [1.165, 1.54) is 4.90 Å². The fourth-order valence-electron chi connectivity index (χ4n) is 2.54. The smallest absolute Gasteiger partial charge is 0.263 e. The van der Waals surface area contributed by atoms with Gasteiger partial charge >= 0.3 is 0 Å². The maximum Gasteiger partial charge on any atom is 0.263 e. The topological polar surface area (TPSA) is 87.1 Å². The van der Waals surface area contributed by atoms with Crippen molar-refractivity contribution >= 4 is 23.3 Å². The van der Waals surface area contributed by atoms with Gasteiger partial charge in [-0.2, -0.15) is 0 Å². The number of rotatable bonds is 9. The Hall–Kier alpha value is -2.41. The van der Waals surface area contributed by atoms with Gasteiger partial charge in [0.1, 0.15) is 5.75 Å². The molecule has 0 spiro atoms. The summed E-state index contributed by atoms with van der Waals surface area (Å²) >= 11 is 5.83.